The molecule has 0 N–H and O–H groups in total. The van der Waals surface area contributed by atoms with Gasteiger partial charge in [-0.2, -0.15) is 0 Å². The summed E-state index contributed by atoms with van der Waals surface area (Å²) in [7, 11) is 3.09. The van der Waals surface area contributed by atoms with E-state index in [1.54, 1.807) is 44.6 Å². The largest absolute Gasteiger partial charge is 0.496 e. The van der Waals surface area contributed by atoms with Gasteiger partial charge in [-0.15, -0.1) is 0 Å². The summed E-state index contributed by atoms with van der Waals surface area (Å²) >= 11 is 0. The van der Waals surface area contributed by atoms with E-state index < -0.39 is 0 Å². The molecule has 6 heteroatoms. The van der Waals surface area contributed by atoms with Gasteiger partial charge in [0.05, 0.1) is 20.8 Å². The number of piperidine rings is 1. The highest BCUT2D eigenvalue weighted by Gasteiger charge is 2.28. The fraction of sp³-hybridized carbons (Fsp3) is 0.381. The molecule has 5 nitrogen and oxygen atoms in total. The fourth-order valence-electron chi connectivity index (χ4n) is 3.27. The molecule has 0 bridgehead atoms. The highest BCUT2D eigenvalue weighted by atomic mass is 19.1. The van der Waals surface area contributed by atoms with Crippen LogP contribution >= 0.6 is 0 Å². The first-order chi connectivity index (χ1) is 13.1. The van der Waals surface area contributed by atoms with Gasteiger partial charge in [0.1, 0.15) is 28.6 Å². The van der Waals surface area contributed by atoms with Crippen LogP contribution < -0.4 is 14.2 Å². The van der Waals surface area contributed by atoms with E-state index in [0.717, 1.165) is 12.8 Å². The Hall–Kier alpha value is -2.76. The van der Waals surface area contributed by atoms with Crippen LogP contribution in [-0.2, 0) is 0 Å². The number of hydrogen-bond acceptors (Lipinski definition) is 4. The van der Waals surface area contributed by atoms with E-state index in [1.165, 1.54) is 12.1 Å². The molecule has 27 heavy (non-hydrogen) atoms. The molecule has 3 rings (SSSR count). The molecule has 1 aliphatic rings. The van der Waals surface area contributed by atoms with Crippen molar-refractivity contribution in [2.24, 2.45) is 5.92 Å². The second-order valence-corrected chi connectivity index (χ2v) is 6.54. The molecule has 144 valence electrons. The van der Waals surface area contributed by atoms with Gasteiger partial charge in [-0.05, 0) is 55.2 Å². The fourth-order valence-corrected chi connectivity index (χ4v) is 3.27. The molecule has 0 unspecified atom stereocenters. The van der Waals surface area contributed by atoms with Gasteiger partial charge in [0, 0.05) is 13.1 Å². The summed E-state index contributed by atoms with van der Waals surface area (Å²) in [5.41, 5.74) is 0.462. The number of benzene rings is 2. The van der Waals surface area contributed by atoms with Crippen LogP contribution in [0.3, 0.4) is 0 Å². The van der Waals surface area contributed by atoms with Gasteiger partial charge in [0.25, 0.3) is 5.91 Å². The Bertz CT molecular complexity index is 748. The molecule has 1 fully saturated rings. The number of hydrogen-bond donors (Lipinski definition) is 0. The van der Waals surface area contributed by atoms with Gasteiger partial charge in [-0.1, -0.05) is 6.07 Å². The Kier molecular flexibility index (Phi) is 6.16. The Morgan fingerprint density at radius 1 is 1.04 bits per heavy atom. The first-order valence-electron chi connectivity index (χ1n) is 9.01. The Morgan fingerprint density at radius 3 is 2.19 bits per heavy atom. The minimum absolute atomic E-state index is 0.0813. The van der Waals surface area contributed by atoms with Crippen molar-refractivity contribution in [2.45, 2.75) is 12.8 Å². The van der Waals surface area contributed by atoms with Crippen molar-refractivity contribution >= 4 is 5.91 Å². The topological polar surface area (TPSA) is 48.0 Å². The minimum Gasteiger partial charge on any atom is -0.496 e. The van der Waals surface area contributed by atoms with Gasteiger partial charge in [-0.25, -0.2) is 4.39 Å². The molecule has 0 aliphatic carbocycles. The van der Waals surface area contributed by atoms with Gasteiger partial charge in [0.2, 0.25) is 0 Å². The van der Waals surface area contributed by atoms with Crippen LogP contribution in [0.1, 0.15) is 23.2 Å². The lowest BCUT2D eigenvalue weighted by Crippen LogP contribution is -2.40. The zero-order valence-electron chi connectivity index (χ0n) is 15.6. The molecule has 0 spiro atoms. The van der Waals surface area contributed by atoms with Crippen LogP contribution in [0.25, 0.3) is 0 Å². The van der Waals surface area contributed by atoms with Crippen LogP contribution in [0.4, 0.5) is 4.39 Å². The van der Waals surface area contributed by atoms with E-state index in [0.29, 0.717) is 48.4 Å². The van der Waals surface area contributed by atoms with Crippen molar-refractivity contribution in [3.05, 3.63) is 53.8 Å². The van der Waals surface area contributed by atoms with E-state index in [2.05, 4.69) is 0 Å². The van der Waals surface area contributed by atoms with Crippen LogP contribution in [0.5, 0.6) is 17.2 Å². The predicted molar refractivity (Wildman–Crippen MR) is 100 cm³/mol. The SMILES string of the molecule is COc1cccc(OC)c1C(=O)N1CCC(COc2ccc(F)cc2)CC1. The van der Waals surface area contributed by atoms with E-state index in [9.17, 15) is 9.18 Å². The maximum absolute atomic E-state index is 13.0. The number of halogens is 1. The number of carbonyl (C=O) groups excluding carboxylic acids is 1. The average molecular weight is 373 g/mol. The summed E-state index contributed by atoms with van der Waals surface area (Å²) in [5, 5.41) is 0. The molecule has 0 radical (unpaired) electrons. The highest BCUT2D eigenvalue weighted by molar-refractivity contribution is 5.99. The molecule has 1 amide bonds. The molecule has 0 saturated carbocycles. The summed E-state index contributed by atoms with van der Waals surface area (Å²) < 4.78 is 29.4. The molecule has 1 saturated heterocycles. The Morgan fingerprint density at radius 2 is 1.63 bits per heavy atom. The number of nitrogens with zero attached hydrogens (tertiary/aromatic N) is 1. The standard InChI is InChI=1S/C21H24FNO4/c1-25-18-4-3-5-19(26-2)20(18)21(24)23-12-10-15(11-13-23)14-27-17-8-6-16(22)7-9-17/h3-9,15H,10-14H2,1-2H3. The summed E-state index contributed by atoms with van der Waals surface area (Å²) in [6, 6.07) is 11.4. The highest BCUT2D eigenvalue weighted by Crippen LogP contribution is 2.31. The maximum Gasteiger partial charge on any atom is 0.261 e. The van der Waals surface area contributed by atoms with Crippen LogP contribution in [0.2, 0.25) is 0 Å². The van der Waals surface area contributed by atoms with Gasteiger partial charge >= 0.3 is 0 Å². The van der Waals surface area contributed by atoms with E-state index in [4.69, 9.17) is 14.2 Å². The molecule has 1 aliphatic heterocycles. The lowest BCUT2D eigenvalue weighted by atomic mass is 9.97. The monoisotopic (exact) mass is 373 g/mol. The van der Waals surface area contributed by atoms with Crippen molar-refractivity contribution in [3.8, 4) is 17.2 Å². The summed E-state index contributed by atoms with van der Waals surface area (Å²) in [6.45, 7) is 1.86. The third-order valence-corrected chi connectivity index (χ3v) is 4.84. The zero-order chi connectivity index (χ0) is 19.2. The van der Waals surface area contributed by atoms with Gasteiger partial charge in [0.15, 0.2) is 0 Å². The normalized spacial score (nSPS) is 14.7. The van der Waals surface area contributed by atoms with E-state index >= 15 is 0 Å². The Balaban J connectivity index is 1.57. The number of rotatable bonds is 6. The summed E-state index contributed by atoms with van der Waals surface area (Å²) in [5.74, 6) is 1.69. The summed E-state index contributed by atoms with van der Waals surface area (Å²) in [6.07, 6.45) is 1.70. The van der Waals surface area contributed by atoms with Crippen LogP contribution in [0, 0.1) is 11.7 Å². The number of amides is 1. The molecular formula is C21H24FNO4. The second kappa shape index (κ2) is 8.75. The van der Waals surface area contributed by atoms with Crippen molar-refractivity contribution < 1.29 is 23.4 Å². The number of likely N-dealkylation sites (tertiary alicyclic amines) is 1. The third-order valence-electron chi connectivity index (χ3n) is 4.84. The average Bonchev–Trinajstić information content (AvgIpc) is 2.72. The lowest BCUT2D eigenvalue weighted by molar-refractivity contribution is 0.0654. The molecule has 0 atom stereocenters. The van der Waals surface area contributed by atoms with Crippen molar-refractivity contribution in [2.75, 3.05) is 33.9 Å². The number of methoxy groups -OCH3 is 2. The Labute approximate surface area is 158 Å². The first-order valence-corrected chi connectivity index (χ1v) is 9.01. The lowest BCUT2D eigenvalue weighted by Gasteiger charge is -2.32. The van der Waals surface area contributed by atoms with Gasteiger partial charge < -0.3 is 19.1 Å². The van der Waals surface area contributed by atoms with Crippen LogP contribution in [0.15, 0.2) is 42.5 Å². The summed E-state index contributed by atoms with van der Waals surface area (Å²) in [4.78, 5) is 14.8. The van der Waals surface area contributed by atoms with Gasteiger partial charge in [-0.3, -0.25) is 4.79 Å². The molecule has 2 aromatic rings. The smallest absolute Gasteiger partial charge is 0.261 e. The van der Waals surface area contributed by atoms with E-state index in [1.807, 2.05) is 4.90 Å². The minimum atomic E-state index is -0.277. The third kappa shape index (κ3) is 4.51. The molecular weight excluding hydrogens is 349 g/mol. The predicted octanol–water partition coefficient (Wildman–Crippen LogP) is 3.77. The van der Waals surface area contributed by atoms with E-state index in [-0.39, 0.29) is 11.7 Å². The van der Waals surface area contributed by atoms with Crippen molar-refractivity contribution in [1.82, 2.24) is 4.90 Å². The second-order valence-electron chi connectivity index (χ2n) is 6.54. The maximum atomic E-state index is 13.0. The molecule has 0 aromatic heterocycles. The quantitative estimate of drug-likeness (QED) is 0.773. The van der Waals surface area contributed by atoms with Crippen LogP contribution in [-0.4, -0.2) is 44.7 Å². The van der Waals surface area contributed by atoms with Crippen molar-refractivity contribution in [3.63, 3.8) is 0 Å². The number of ether oxygens (including phenoxy) is 3. The molecule has 2 aromatic carbocycles. The van der Waals surface area contributed by atoms with Crippen molar-refractivity contribution in [1.29, 1.82) is 0 Å². The zero-order valence-corrected chi connectivity index (χ0v) is 15.6. The molecule has 1 heterocycles. The first kappa shape index (κ1) is 19.0. The number of carbonyl (C=O) groups is 1.